The molecule has 0 amide bonds. The molecule has 1 unspecified atom stereocenters. The van der Waals surface area contributed by atoms with E-state index < -0.39 is 0 Å². The summed E-state index contributed by atoms with van der Waals surface area (Å²) in [6.07, 6.45) is 2.11. The molecule has 108 valence electrons. The highest BCUT2D eigenvalue weighted by Gasteiger charge is 2.12. The Hall–Kier alpha value is -1.06. The van der Waals surface area contributed by atoms with E-state index in [-0.39, 0.29) is 0 Å². The molecule has 3 heteroatoms. The number of rotatable bonds is 10. The fraction of sp³-hybridized carbons (Fsp3) is 0.625. The Kier molecular flexibility index (Phi) is 8.26. The molecule has 0 aromatic heterocycles. The molecule has 0 aliphatic carbocycles. The van der Waals surface area contributed by atoms with Crippen LogP contribution in [0.25, 0.3) is 0 Å². The summed E-state index contributed by atoms with van der Waals surface area (Å²) in [5.41, 5.74) is 1.28. The van der Waals surface area contributed by atoms with Crippen LogP contribution in [-0.2, 0) is 11.2 Å². The van der Waals surface area contributed by atoms with Gasteiger partial charge >= 0.3 is 0 Å². The summed E-state index contributed by atoms with van der Waals surface area (Å²) < 4.78 is 10.9. The van der Waals surface area contributed by atoms with Crippen molar-refractivity contribution in [2.45, 2.75) is 26.7 Å². The number of nitrogens with one attached hydrogen (secondary N) is 1. The van der Waals surface area contributed by atoms with Crippen LogP contribution in [0.3, 0.4) is 0 Å². The minimum absolute atomic E-state index is 0.586. The summed E-state index contributed by atoms with van der Waals surface area (Å²) in [4.78, 5) is 0. The van der Waals surface area contributed by atoms with Crippen LogP contribution < -0.4 is 10.1 Å². The molecule has 1 N–H and O–H groups in total. The summed E-state index contributed by atoms with van der Waals surface area (Å²) in [6, 6.07) is 8.27. The van der Waals surface area contributed by atoms with Crippen LogP contribution in [0.15, 0.2) is 24.3 Å². The van der Waals surface area contributed by atoms with E-state index in [4.69, 9.17) is 9.47 Å². The van der Waals surface area contributed by atoms with Crippen LogP contribution in [0.2, 0.25) is 0 Å². The van der Waals surface area contributed by atoms with E-state index in [0.717, 1.165) is 44.9 Å². The molecule has 0 heterocycles. The predicted octanol–water partition coefficient (Wildman–Crippen LogP) is 2.89. The number of benzene rings is 1. The average molecular weight is 265 g/mol. The lowest BCUT2D eigenvalue weighted by Gasteiger charge is -2.18. The second kappa shape index (κ2) is 9.82. The van der Waals surface area contributed by atoms with E-state index in [2.05, 4.69) is 24.4 Å². The lowest BCUT2D eigenvalue weighted by molar-refractivity contribution is 0.131. The molecule has 0 spiro atoms. The van der Waals surface area contributed by atoms with Crippen molar-refractivity contribution in [3.05, 3.63) is 29.8 Å². The van der Waals surface area contributed by atoms with Gasteiger partial charge in [0.15, 0.2) is 0 Å². The third-order valence-electron chi connectivity index (χ3n) is 3.26. The van der Waals surface area contributed by atoms with Crippen molar-refractivity contribution in [1.29, 1.82) is 0 Å². The molecule has 0 aliphatic heterocycles. The van der Waals surface area contributed by atoms with Gasteiger partial charge in [0.25, 0.3) is 0 Å². The maximum atomic E-state index is 5.48. The van der Waals surface area contributed by atoms with Gasteiger partial charge in [-0.15, -0.1) is 0 Å². The summed E-state index contributed by atoms with van der Waals surface area (Å²) >= 11 is 0. The second-order valence-corrected chi connectivity index (χ2v) is 4.68. The van der Waals surface area contributed by atoms with Crippen LogP contribution in [-0.4, -0.2) is 33.4 Å². The molecule has 0 aliphatic rings. The molecule has 0 saturated heterocycles. The Bertz CT molecular complexity index is 341. The number of ether oxygens (including phenoxy) is 2. The zero-order valence-corrected chi connectivity index (χ0v) is 12.4. The van der Waals surface area contributed by atoms with E-state index in [1.165, 1.54) is 5.56 Å². The van der Waals surface area contributed by atoms with Crippen LogP contribution in [0, 0.1) is 5.92 Å². The van der Waals surface area contributed by atoms with Crippen molar-refractivity contribution >= 4 is 0 Å². The van der Waals surface area contributed by atoms with E-state index in [9.17, 15) is 0 Å². The quantitative estimate of drug-likeness (QED) is 0.660. The third-order valence-corrected chi connectivity index (χ3v) is 3.26. The topological polar surface area (TPSA) is 30.5 Å². The Morgan fingerprint density at radius 2 is 2.00 bits per heavy atom. The first-order chi connectivity index (χ1) is 9.31. The standard InChI is InChI=1S/C16H27NO2/c1-4-17-13-14(10-11-19-5-2)12-15-8-6-7-9-16(15)18-3/h6-9,14,17H,4-5,10-13H2,1-3H3. The molecule has 1 atom stereocenters. The molecule has 1 aromatic carbocycles. The number of hydrogen-bond acceptors (Lipinski definition) is 3. The molecule has 0 bridgehead atoms. The maximum Gasteiger partial charge on any atom is 0.122 e. The van der Waals surface area contributed by atoms with E-state index in [1.54, 1.807) is 7.11 Å². The summed E-state index contributed by atoms with van der Waals surface area (Å²) in [5, 5.41) is 3.44. The van der Waals surface area contributed by atoms with E-state index in [0.29, 0.717) is 5.92 Å². The van der Waals surface area contributed by atoms with Gasteiger partial charge in [-0.25, -0.2) is 0 Å². The first kappa shape index (κ1) is 16.0. The molecular weight excluding hydrogens is 238 g/mol. The monoisotopic (exact) mass is 265 g/mol. The van der Waals surface area contributed by atoms with Crippen LogP contribution in [0.4, 0.5) is 0 Å². The number of para-hydroxylation sites is 1. The van der Waals surface area contributed by atoms with Crippen LogP contribution in [0.1, 0.15) is 25.8 Å². The molecule has 0 radical (unpaired) electrons. The highest BCUT2D eigenvalue weighted by atomic mass is 16.5. The fourth-order valence-electron chi connectivity index (χ4n) is 2.20. The van der Waals surface area contributed by atoms with Crippen molar-refractivity contribution in [3.8, 4) is 5.75 Å². The molecule has 1 rings (SSSR count). The van der Waals surface area contributed by atoms with Crippen molar-refractivity contribution < 1.29 is 9.47 Å². The zero-order valence-electron chi connectivity index (χ0n) is 12.4. The lowest BCUT2D eigenvalue weighted by Crippen LogP contribution is -2.25. The Labute approximate surface area is 117 Å². The van der Waals surface area contributed by atoms with Gasteiger partial charge in [-0.1, -0.05) is 25.1 Å². The molecule has 1 aromatic rings. The van der Waals surface area contributed by atoms with Gasteiger partial charge in [0.2, 0.25) is 0 Å². The minimum Gasteiger partial charge on any atom is -0.496 e. The minimum atomic E-state index is 0.586. The van der Waals surface area contributed by atoms with Crippen LogP contribution in [0.5, 0.6) is 5.75 Å². The van der Waals surface area contributed by atoms with Gasteiger partial charge < -0.3 is 14.8 Å². The Morgan fingerprint density at radius 1 is 1.21 bits per heavy atom. The number of methoxy groups -OCH3 is 1. The highest BCUT2D eigenvalue weighted by molar-refractivity contribution is 5.33. The largest absolute Gasteiger partial charge is 0.496 e. The van der Waals surface area contributed by atoms with Gasteiger partial charge in [0.05, 0.1) is 7.11 Å². The van der Waals surface area contributed by atoms with Gasteiger partial charge in [0.1, 0.15) is 5.75 Å². The maximum absolute atomic E-state index is 5.48. The first-order valence-electron chi connectivity index (χ1n) is 7.22. The second-order valence-electron chi connectivity index (χ2n) is 4.68. The first-order valence-corrected chi connectivity index (χ1v) is 7.22. The summed E-state index contributed by atoms with van der Waals surface area (Å²) in [7, 11) is 1.73. The molecule has 0 saturated carbocycles. The highest BCUT2D eigenvalue weighted by Crippen LogP contribution is 2.22. The van der Waals surface area contributed by atoms with Crippen molar-refractivity contribution in [1.82, 2.24) is 5.32 Å². The summed E-state index contributed by atoms with van der Waals surface area (Å²) in [5.74, 6) is 1.57. The van der Waals surface area contributed by atoms with Crippen molar-refractivity contribution in [2.75, 3.05) is 33.4 Å². The fourth-order valence-corrected chi connectivity index (χ4v) is 2.20. The van der Waals surface area contributed by atoms with Gasteiger partial charge in [-0.3, -0.25) is 0 Å². The predicted molar refractivity (Wildman–Crippen MR) is 79.8 cm³/mol. The molecular formula is C16H27NO2. The number of hydrogen-bond donors (Lipinski definition) is 1. The van der Waals surface area contributed by atoms with E-state index in [1.807, 2.05) is 19.1 Å². The normalized spacial score (nSPS) is 12.4. The Morgan fingerprint density at radius 3 is 2.68 bits per heavy atom. The lowest BCUT2D eigenvalue weighted by atomic mass is 9.95. The smallest absolute Gasteiger partial charge is 0.122 e. The van der Waals surface area contributed by atoms with Crippen molar-refractivity contribution in [3.63, 3.8) is 0 Å². The summed E-state index contributed by atoms with van der Waals surface area (Å²) in [6.45, 7) is 7.85. The third kappa shape index (κ3) is 6.08. The van der Waals surface area contributed by atoms with Gasteiger partial charge in [0, 0.05) is 13.2 Å². The molecule has 19 heavy (non-hydrogen) atoms. The average Bonchev–Trinajstić information content (AvgIpc) is 2.45. The van der Waals surface area contributed by atoms with Gasteiger partial charge in [-0.2, -0.15) is 0 Å². The zero-order chi connectivity index (χ0) is 13.9. The van der Waals surface area contributed by atoms with Gasteiger partial charge in [-0.05, 0) is 50.4 Å². The van der Waals surface area contributed by atoms with E-state index >= 15 is 0 Å². The SMILES string of the molecule is CCNCC(CCOCC)Cc1ccccc1OC. The van der Waals surface area contributed by atoms with Crippen molar-refractivity contribution in [2.24, 2.45) is 5.92 Å². The Balaban J connectivity index is 2.58. The molecule has 3 nitrogen and oxygen atoms in total. The molecule has 0 fully saturated rings. The van der Waals surface area contributed by atoms with Crippen LogP contribution >= 0.6 is 0 Å².